The number of anilines is 1. The average molecular weight is 496 g/mol. The molecule has 1 aromatic heterocycles. The van der Waals surface area contributed by atoms with Gasteiger partial charge in [-0.25, -0.2) is 4.99 Å². The van der Waals surface area contributed by atoms with Crippen molar-refractivity contribution in [2.24, 2.45) is 4.99 Å². The second-order valence-electron chi connectivity index (χ2n) is 9.77. The first-order valence-electron chi connectivity index (χ1n) is 12.6. The quantitative estimate of drug-likeness (QED) is 0.385. The van der Waals surface area contributed by atoms with Gasteiger partial charge in [-0.05, 0) is 49.9 Å². The van der Waals surface area contributed by atoms with E-state index in [0.717, 1.165) is 59.6 Å². The molecule has 2 heterocycles. The van der Waals surface area contributed by atoms with Crippen LogP contribution in [0.25, 0.3) is 10.9 Å². The SMILES string of the molecule is Cc1ccc2c(C(=Nc3ccc(N(C)C(=O)CN4CCN(C)CC4)cc3)c3ccccc3)c(O)[nH]c2c1. The zero-order valence-corrected chi connectivity index (χ0v) is 21.6. The number of piperazine rings is 1. The number of carbonyl (C=O) groups excluding carboxylic acids is 1. The van der Waals surface area contributed by atoms with Crippen molar-refractivity contribution >= 4 is 33.9 Å². The fourth-order valence-electron chi connectivity index (χ4n) is 4.72. The second kappa shape index (κ2) is 10.6. The molecule has 190 valence electrons. The lowest BCUT2D eigenvalue weighted by atomic mass is 10.00. The lowest BCUT2D eigenvalue weighted by molar-refractivity contribution is -0.119. The third kappa shape index (κ3) is 5.43. The van der Waals surface area contributed by atoms with Gasteiger partial charge in [-0.2, -0.15) is 0 Å². The number of nitrogens with one attached hydrogen (secondary N) is 1. The maximum absolute atomic E-state index is 12.9. The summed E-state index contributed by atoms with van der Waals surface area (Å²) < 4.78 is 0. The van der Waals surface area contributed by atoms with Crippen molar-refractivity contribution in [3.63, 3.8) is 0 Å². The molecule has 7 nitrogen and oxygen atoms in total. The van der Waals surface area contributed by atoms with Gasteiger partial charge in [-0.15, -0.1) is 0 Å². The molecule has 1 amide bonds. The summed E-state index contributed by atoms with van der Waals surface area (Å²) in [5.74, 6) is 0.166. The lowest BCUT2D eigenvalue weighted by Crippen LogP contribution is -2.48. The Kier molecular flexibility index (Phi) is 7.08. The van der Waals surface area contributed by atoms with Crippen LogP contribution in [0.1, 0.15) is 16.7 Å². The number of amides is 1. The molecule has 1 aliphatic rings. The predicted molar refractivity (Wildman–Crippen MR) is 150 cm³/mol. The Bertz CT molecular complexity index is 1420. The van der Waals surface area contributed by atoms with Gasteiger partial charge >= 0.3 is 0 Å². The number of aliphatic imine (C=N–C) groups is 1. The standard InChI is InChI=1S/C30H33N5O2/c1-21-9-14-25-26(19-21)32-30(37)28(25)29(22-7-5-4-6-8-22)31-23-10-12-24(13-11-23)34(3)27(36)20-35-17-15-33(2)16-18-35/h4-14,19,32,37H,15-18,20H2,1-3H3. The molecule has 1 aliphatic heterocycles. The third-order valence-electron chi connectivity index (χ3n) is 7.03. The zero-order valence-electron chi connectivity index (χ0n) is 21.6. The van der Waals surface area contributed by atoms with Crippen LogP contribution in [0.3, 0.4) is 0 Å². The van der Waals surface area contributed by atoms with Crippen LogP contribution in [0.2, 0.25) is 0 Å². The van der Waals surface area contributed by atoms with Gasteiger partial charge in [-0.1, -0.05) is 42.5 Å². The Balaban J connectivity index is 1.43. The van der Waals surface area contributed by atoms with Crippen molar-refractivity contribution in [2.45, 2.75) is 6.92 Å². The van der Waals surface area contributed by atoms with Crippen LogP contribution in [-0.4, -0.2) is 78.3 Å². The number of aromatic hydroxyl groups is 1. The molecular weight excluding hydrogens is 462 g/mol. The number of hydrogen-bond acceptors (Lipinski definition) is 5. The van der Waals surface area contributed by atoms with E-state index < -0.39 is 0 Å². The maximum Gasteiger partial charge on any atom is 0.240 e. The van der Waals surface area contributed by atoms with E-state index in [-0.39, 0.29) is 11.8 Å². The van der Waals surface area contributed by atoms with E-state index in [0.29, 0.717) is 17.8 Å². The van der Waals surface area contributed by atoms with Gasteiger partial charge in [0, 0.05) is 55.4 Å². The number of hydrogen-bond donors (Lipinski definition) is 2. The van der Waals surface area contributed by atoms with E-state index in [1.165, 1.54) is 0 Å². The first kappa shape index (κ1) is 24.7. The highest BCUT2D eigenvalue weighted by atomic mass is 16.3. The monoisotopic (exact) mass is 495 g/mol. The molecule has 0 aliphatic carbocycles. The van der Waals surface area contributed by atoms with E-state index in [1.807, 2.05) is 86.8 Å². The molecule has 0 spiro atoms. The van der Waals surface area contributed by atoms with Gasteiger partial charge in [0.1, 0.15) is 0 Å². The zero-order chi connectivity index (χ0) is 25.9. The number of H-pyrrole nitrogens is 1. The van der Waals surface area contributed by atoms with E-state index in [9.17, 15) is 9.90 Å². The Morgan fingerprint density at radius 3 is 2.41 bits per heavy atom. The van der Waals surface area contributed by atoms with Crippen LogP contribution in [0.5, 0.6) is 5.88 Å². The Morgan fingerprint density at radius 2 is 1.70 bits per heavy atom. The fourth-order valence-corrected chi connectivity index (χ4v) is 4.72. The Morgan fingerprint density at radius 1 is 1.00 bits per heavy atom. The number of fused-ring (bicyclic) bond motifs is 1. The number of aryl methyl sites for hydroxylation is 1. The van der Waals surface area contributed by atoms with Gasteiger partial charge in [0.05, 0.1) is 23.5 Å². The highest BCUT2D eigenvalue weighted by molar-refractivity contribution is 6.21. The average Bonchev–Trinajstić information content (AvgIpc) is 3.23. The van der Waals surface area contributed by atoms with Crippen molar-refractivity contribution in [3.8, 4) is 5.88 Å². The van der Waals surface area contributed by atoms with Gasteiger partial charge in [0.15, 0.2) is 5.88 Å². The first-order valence-corrected chi connectivity index (χ1v) is 12.6. The summed E-state index contributed by atoms with van der Waals surface area (Å²) in [5, 5.41) is 11.8. The van der Waals surface area contributed by atoms with Crippen molar-refractivity contribution in [2.75, 3.05) is 51.7 Å². The summed E-state index contributed by atoms with van der Waals surface area (Å²) in [6, 6.07) is 23.6. The molecule has 0 unspecified atom stereocenters. The Labute approximate surface area is 217 Å². The van der Waals surface area contributed by atoms with Crippen LogP contribution in [0, 0.1) is 6.92 Å². The molecule has 4 aromatic rings. The smallest absolute Gasteiger partial charge is 0.240 e. The number of carbonyl (C=O) groups is 1. The van der Waals surface area contributed by atoms with Gasteiger partial charge in [-0.3, -0.25) is 9.69 Å². The lowest BCUT2D eigenvalue weighted by Gasteiger charge is -2.32. The molecule has 0 atom stereocenters. The largest absolute Gasteiger partial charge is 0.494 e. The van der Waals surface area contributed by atoms with Crippen molar-refractivity contribution < 1.29 is 9.90 Å². The number of benzene rings is 3. The molecule has 0 radical (unpaired) electrons. The van der Waals surface area contributed by atoms with Crippen LogP contribution < -0.4 is 4.90 Å². The third-order valence-corrected chi connectivity index (χ3v) is 7.03. The van der Waals surface area contributed by atoms with Crippen molar-refractivity contribution in [3.05, 3.63) is 89.5 Å². The van der Waals surface area contributed by atoms with Gasteiger partial charge in [0.25, 0.3) is 0 Å². The second-order valence-corrected chi connectivity index (χ2v) is 9.77. The number of aromatic nitrogens is 1. The summed E-state index contributed by atoms with van der Waals surface area (Å²) in [5.41, 5.74) is 5.80. The summed E-state index contributed by atoms with van der Waals surface area (Å²) in [4.78, 5) is 27.2. The fraction of sp³-hybridized carbons (Fsp3) is 0.267. The predicted octanol–water partition coefficient (Wildman–Crippen LogP) is 4.56. The number of likely N-dealkylation sites (N-methyl/N-ethyl adjacent to an activating group) is 2. The van der Waals surface area contributed by atoms with Crippen LogP contribution in [0.15, 0.2) is 77.8 Å². The molecule has 0 bridgehead atoms. The highest BCUT2D eigenvalue weighted by Gasteiger charge is 2.20. The first-order chi connectivity index (χ1) is 17.9. The van der Waals surface area contributed by atoms with Crippen LogP contribution in [0.4, 0.5) is 11.4 Å². The van der Waals surface area contributed by atoms with Crippen molar-refractivity contribution in [1.82, 2.24) is 14.8 Å². The normalized spacial score (nSPS) is 15.3. The number of rotatable bonds is 6. The highest BCUT2D eigenvalue weighted by Crippen LogP contribution is 2.32. The minimum absolute atomic E-state index is 0.0739. The molecule has 1 saturated heterocycles. The summed E-state index contributed by atoms with van der Waals surface area (Å²) in [6.07, 6.45) is 0. The van der Waals surface area contributed by atoms with E-state index in [2.05, 4.69) is 21.8 Å². The van der Waals surface area contributed by atoms with Gasteiger partial charge in [0.2, 0.25) is 5.91 Å². The number of aromatic amines is 1. The molecular formula is C30H33N5O2. The van der Waals surface area contributed by atoms with E-state index in [4.69, 9.17) is 4.99 Å². The Hall–Kier alpha value is -3.94. The van der Waals surface area contributed by atoms with Crippen molar-refractivity contribution in [1.29, 1.82) is 0 Å². The topological polar surface area (TPSA) is 75.2 Å². The summed E-state index contributed by atoms with van der Waals surface area (Å²) >= 11 is 0. The van der Waals surface area contributed by atoms with Crippen LogP contribution in [-0.2, 0) is 4.79 Å². The molecule has 0 saturated carbocycles. The molecule has 7 heteroatoms. The number of nitrogens with zero attached hydrogens (tertiary/aromatic N) is 4. The molecule has 3 aromatic carbocycles. The molecule has 37 heavy (non-hydrogen) atoms. The van der Waals surface area contributed by atoms with E-state index >= 15 is 0 Å². The van der Waals surface area contributed by atoms with Gasteiger partial charge < -0.3 is 19.9 Å². The molecule has 5 rings (SSSR count). The molecule has 2 N–H and O–H groups in total. The molecule has 1 fully saturated rings. The summed E-state index contributed by atoms with van der Waals surface area (Å²) in [7, 11) is 3.93. The summed E-state index contributed by atoms with van der Waals surface area (Å²) in [6.45, 7) is 6.23. The van der Waals surface area contributed by atoms with Crippen LogP contribution >= 0.6 is 0 Å². The maximum atomic E-state index is 12.9. The minimum atomic E-state index is 0.0739. The minimum Gasteiger partial charge on any atom is -0.494 e. The van der Waals surface area contributed by atoms with E-state index in [1.54, 1.807) is 4.90 Å².